The van der Waals surface area contributed by atoms with Gasteiger partial charge in [0.15, 0.2) is 0 Å². The summed E-state index contributed by atoms with van der Waals surface area (Å²) in [5, 5.41) is 1.90. The third kappa shape index (κ3) is 2.31. The molecule has 0 aliphatic carbocycles. The maximum Gasteiger partial charge on any atom is 0.207 e. The van der Waals surface area contributed by atoms with Crippen molar-refractivity contribution in [1.29, 1.82) is 0 Å². The van der Waals surface area contributed by atoms with Gasteiger partial charge in [0.25, 0.3) is 0 Å². The molecule has 0 saturated carbocycles. The molecule has 2 heterocycles. The number of furan rings is 1. The van der Waals surface area contributed by atoms with E-state index in [-0.39, 0.29) is 12.1 Å². The van der Waals surface area contributed by atoms with Crippen molar-refractivity contribution in [3.05, 3.63) is 35.6 Å². The van der Waals surface area contributed by atoms with E-state index in [0.717, 1.165) is 11.5 Å². The molecule has 2 rings (SSSR count). The molecule has 2 atom stereocenters. The Hall–Kier alpha value is -1.42. The molecule has 0 bridgehead atoms. The highest BCUT2D eigenvalue weighted by Gasteiger charge is 2.34. The predicted molar refractivity (Wildman–Crippen MR) is 65.7 cm³/mol. The summed E-state index contributed by atoms with van der Waals surface area (Å²) >= 11 is 0. The zero-order valence-corrected chi connectivity index (χ0v) is 10.8. The van der Waals surface area contributed by atoms with Crippen molar-refractivity contribution in [2.75, 3.05) is 0 Å². The lowest BCUT2D eigenvalue weighted by Crippen LogP contribution is -2.36. The van der Waals surface area contributed by atoms with E-state index < -0.39 is 0 Å². The van der Waals surface area contributed by atoms with Gasteiger partial charge in [0, 0.05) is 12.1 Å². The molecule has 1 aromatic rings. The summed E-state index contributed by atoms with van der Waals surface area (Å²) in [6.45, 7) is 8.38. The van der Waals surface area contributed by atoms with Crippen molar-refractivity contribution < 1.29 is 9.25 Å². The van der Waals surface area contributed by atoms with Crippen molar-refractivity contribution in [1.82, 2.24) is 5.06 Å². The molecule has 4 heteroatoms. The fraction of sp³-hybridized carbons (Fsp3) is 0.538. The number of nitrogens with two attached hydrogens (primary N) is 1. The molecule has 0 saturated heterocycles. The maximum atomic E-state index is 5.75. The van der Waals surface area contributed by atoms with Gasteiger partial charge in [-0.3, -0.25) is 0 Å². The highest BCUT2D eigenvalue weighted by Crippen LogP contribution is 2.34. The van der Waals surface area contributed by atoms with Crippen LogP contribution in [0.15, 0.2) is 28.5 Å². The standard InChI is InChI=1S/C13H20N2O2/c1-8(2)10(4)15-11(7-13(14)17-15)12-6-5-9(3)16-12/h5-8,10-11H,14H2,1-4H3. The van der Waals surface area contributed by atoms with Gasteiger partial charge in [0.05, 0.1) is 0 Å². The van der Waals surface area contributed by atoms with Crippen molar-refractivity contribution in [2.45, 2.75) is 39.8 Å². The smallest absolute Gasteiger partial charge is 0.207 e. The lowest BCUT2D eigenvalue weighted by atomic mass is 10.0. The van der Waals surface area contributed by atoms with Crippen LogP contribution in [0.1, 0.15) is 38.3 Å². The van der Waals surface area contributed by atoms with Gasteiger partial charge in [-0.25, -0.2) is 0 Å². The highest BCUT2D eigenvalue weighted by molar-refractivity contribution is 5.18. The number of nitrogens with zero attached hydrogens (tertiary/aromatic N) is 1. The minimum Gasteiger partial charge on any atom is -0.464 e. The van der Waals surface area contributed by atoms with Crippen LogP contribution in [-0.2, 0) is 4.84 Å². The molecule has 94 valence electrons. The molecule has 17 heavy (non-hydrogen) atoms. The number of aryl methyl sites for hydroxylation is 1. The molecule has 1 aliphatic rings. The molecule has 1 aliphatic heterocycles. The van der Waals surface area contributed by atoms with E-state index in [9.17, 15) is 0 Å². The molecule has 2 unspecified atom stereocenters. The van der Waals surface area contributed by atoms with Gasteiger partial charge in [-0.1, -0.05) is 13.8 Å². The molecule has 1 aromatic heterocycles. The molecule has 0 aromatic carbocycles. The van der Waals surface area contributed by atoms with E-state index in [2.05, 4.69) is 20.8 Å². The van der Waals surface area contributed by atoms with Gasteiger partial charge in [0.1, 0.15) is 17.6 Å². The fourth-order valence-corrected chi connectivity index (χ4v) is 1.89. The Morgan fingerprint density at radius 2 is 2.00 bits per heavy atom. The van der Waals surface area contributed by atoms with Crippen LogP contribution in [0, 0.1) is 12.8 Å². The van der Waals surface area contributed by atoms with Gasteiger partial charge < -0.3 is 15.0 Å². The third-order valence-electron chi connectivity index (χ3n) is 3.23. The van der Waals surface area contributed by atoms with Crippen molar-refractivity contribution in [3.63, 3.8) is 0 Å². The molecular formula is C13H20N2O2. The van der Waals surface area contributed by atoms with E-state index in [1.165, 1.54) is 0 Å². The lowest BCUT2D eigenvalue weighted by molar-refractivity contribution is -0.160. The van der Waals surface area contributed by atoms with Crippen LogP contribution in [0.4, 0.5) is 0 Å². The average Bonchev–Trinajstić information content (AvgIpc) is 2.83. The largest absolute Gasteiger partial charge is 0.464 e. The molecule has 0 spiro atoms. The maximum absolute atomic E-state index is 5.75. The number of rotatable bonds is 3. The Labute approximate surface area is 102 Å². The first-order chi connectivity index (χ1) is 7.99. The topological polar surface area (TPSA) is 51.6 Å². The Balaban J connectivity index is 2.24. The summed E-state index contributed by atoms with van der Waals surface area (Å²) in [5.41, 5.74) is 5.75. The molecule has 2 N–H and O–H groups in total. The normalized spacial score (nSPS) is 22.6. The molecule has 0 amide bonds. The van der Waals surface area contributed by atoms with Crippen LogP contribution in [0.3, 0.4) is 0 Å². The molecular weight excluding hydrogens is 216 g/mol. The van der Waals surface area contributed by atoms with Crippen LogP contribution in [-0.4, -0.2) is 11.1 Å². The van der Waals surface area contributed by atoms with Gasteiger partial charge in [0.2, 0.25) is 5.88 Å². The monoisotopic (exact) mass is 236 g/mol. The second-order valence-electron chi connectivity index (χ2n) is 4.90. The minimum absolute atomic E-state index is 0.0268. The van der Waals surface area contributed by atoms with Crippen LogP contribution >= 0.6 is 0 Å². The van der Waals surface area contributed by atoms with Crippen LogP contribution in [0.2, 0.25) is 0 Å². The minimum atomic E-state index is -0.0268. The third-order valence-corrected chi connectivity index (χ3v) is 3.23. The number of hydroxylamine groups is 2. The quantitative estimate of drug-likeness (QED) is 0.876. The Morgan fingerprint density at radius 1 is 1.29 bits per heavy atom. The summed E-state index contributed by atoms with van der Waals surface area (Å²) < 4.78 is 5.65. The van der Waals surface area contributed by atoms with Gasteiger partial charge in [-0.05, 0) is 31.9 Å². The fourth-order valence-electron chi connectivity index (χ4n) is 1.89. The van der Waals surface area contributed by atoms with Crippen LogP contribution < -0.4 is 5.73 Å². The highest BCUT2D eigenvalue weighted by atomic mass is 16.7. The summed E-state index contributed by atoms with van der Waals surface area (Å²) in [6, 6.07) is 4.16. The van der Waals surface area contributed by atoms with E-state index in [0.29, 0.717) is 11.8 Å². The zero-order chi connectivity index (χ0) is 12.6. The molecule has 0 radical (unpaired) electrons. The van der Waals surface area contributed by atoms with Crippen molar-refractivity contribution in [2.24, 2.45) is 11.7 Å². The van der Waals surface area contributed by atoms with Gasteiger partial charge >= 0.3 is 0 Å². The first-order valence-corrected chi connectivity index (χ1v) is 5.99. The van der Waals surface area contributed by atoms with Gasteiger partial charge in [-0.15, -0.1) is 5.06 Å². The second-order valence-corrected chi connectivity index (χ2v) is 4.90. The second kappa shape index (κ2) is 4.45. The van der Waals surface area contributed by atoms with E-state index in [1.54, 1.807) is 0 Å². The number of hydrogen-bond donors (Lipinski definition) is 1. The molecule has 4 nitrogen and oxygen atoms in total. The van der Waals surface area contributed by atoms with Gasteiger partial charge in [-0.2, -0.15) is 0 Å². The SMILES string of the molecule is Cc1ccc(C2C=C(N)ON2C(C)C(C)C)o1. The van der Waals surface area contributed by atoms with Crippen molar-refractivity contribution >= 4 is 0 Å². The Kier molecular flexibility index (Phi) is 3.15. The molecule has 0 fully saturated rings. The van der Waals surface area contributed by atoms with E-state index in [4.69, 9.17) is 15.0 Å². The Bertz CT molecular complexity index is 423. The summed E-state index contributed by atoms with van der Waals surface area (Å²) in [6.07, 6.45) is 1.89. The first-order valence-electron chi connectivity index (χ1n) is 5.99. The summed E-state index contributed by atoms with van der Waals surface area (Å²) in [7, 11) is 0. The summed E-state index contributed by atoms with van der Waals surface area (Å²) in [5.74, 6) is 2.69. The van der Waals surface area contributed by atoms with Crippen LogP contribution in [0.25, 0.3) is 0 Å². The van der Waals surface area contributed by atoms with Crippen molar-refractivity contribution in [3.8, 4) is 0 Å². The zero-order valence-electron chi connectivity index (χ0n) is 10.8. The predicted octanol–water partition coefficient (Wildman–Crippen LogP) is 2.72. The van der Waals surface area contributed by atoms with E-state index >= 15 is 0 Å². The van der Waals surface area contributed by atoms with E-state index in [1.807, 2.05) is 30.2 Å². The summed E-state index contributed by atoms with van der Waals surface area (Å²) in [4.78, 5) is 5.57. The Morgan fingerprint density at radius 3 is 2.53 bits per heavy atom. The number of hydrogen-bond acceptors (Lipinski definition) is 4. The lowest BCUT2D eigenvalue weighted by Gasteiger charge is -2.30. The average molecular weight is 236 g/mol. The van der Waals surface area contributed by atoms with Crippen LogP contribution in [0.5, 0.6) is 0 Å². The first kappa shape index (κ1) is 12.0.